The smallest absolute Gasteiger partial charge is 0.226 e. The number of carbonyl (C=O) groups is 1. The first kappa shape index (κ1) is 19.1. The van der Waals surface area contributed by atoms with Crippen LogP contribution in [-0.4, -0.2) is 42.2 Å². The van der Waals surface area contributed by atoms with Gasteiger partial charge in [0.15, 0.2) is 11.5 Å². The molecular formula is C22H25ClN2O3. The van der Waals surface area contributed by atoms with Gasteiger partial charge in [-0.25, -0.2) is 0 Å². The lowest BCUT2D eigenvalue weighted by Gasteiger charge is -2.21. The van der Waals surface area contributed by atoms with Gasteiger partial charge in [-0.2, -0.15) is 0 Å². The summed E-state index contributed by atoms with van der Waals surface area (Å²) in [5.74, 6) is 2.08. The average Bonchev–Trinajstić information content (AvgIpc) is 3.23. The predicted molar refractivity (Wildman–Crippen MR) is 110 cm³/mol. The summed E-state index contributed by atoms with van der Waals surface area (Å²) in [6.45, 7) is 5.45. The Labute approximate surface area is 171 Å². The zero-order chi connectivity index (χ0) is 18.5. The lowest BCUT2D eigenvalue weighted by atomic mass is 9.97. The van der Waals surface area contributed by atoms with Crippen LogP contribution in [0.4, 0.5) is 0 Å². The fourth-order valence-corrected chi connectivity index (χ4v) is 4.73. The quantitative estimate of drug-likeness (QED) is 0.813. The van der Waals surface area contributed by atoms with Crippen LogP contribution >= 0.6 is 12.4 Å². The second kappa shape index (κ2) is 7.30. The molecule has 0 radical (unpaired) electrons. The number of rotatable bonds is 2. The summed E-state index contributed by atoms with van der Waals surface area (Å²) in [6.07, 6.45) is 0. The van der Waals surface area contributed by atoms with E-state index in [-0.39, 0.29) is 30.0 Å². The largest absolute Gasteiger partial charge is 0.504 e. The van der Waals surface area contributed by atoms with Crippen LogP contribution < -0.4 is 10.1 Å². The third kappa shape index (κ3) is 3.12. The molecule has 2 aromatic rings. The number of fused-ring (bicyclic) bond motifs is 2. The fraction of sp³-hybridized carbons (Fsp3) is 0.409. The molecule has 2 aromatic carbocycles. The van der Waals surface area contributed by atoms with Crippen molar-refractivity contribution in [2.24, 2.45) is 17.8 Å². The summed E-state index contributed by atoms with van der Waals surface area (Å²) in [7, 11) is 0. The Morgan fingerprint density at radius 1 is 1.21 bits per heavy atom. The molecule has 1 amide bonds. The Bertz CT molecular complexity index is 907. The molecule has 148 valence electrons. The van der Waals surface area contributed by atoms with Crippen LogP contribution in [0.1, 0.15) is 11.1 Å². The van der Waals surface area contributed by atoms with Crippen molar-refractivity contribution in [1.82, 2.24) is 10.2 Å². The summed E-state index contributed by atoms with van der Waals surface area (Å²) in [4.78, 5) is 14.9. The zero-order valence-electron chi connectivity index (χ0n) is 15.9. The van der Waals surface area contributed by atoms with Crippen molar-refractivity contribution in [2.45, 2.75) is 13.5 Å². The molecule has 0 bridgehead atoms. The van der Waals surface area contributed by atoms with Crippen LogP contribution in [0.3, 0.4) is 0 Å². The molecular weight excluding hydrogens is 376 g/mol. The van der Waals surface area contributed by atoms with E-state index < -0.39 is 0 Å². The summed E-state index contributed by atoms with van der Waals surface area (Å²) >= 11 is 0. The summed E-state index contributed by atoms with van der Waals surface area (Å²) in [5, 5.41) is 13.9. The van der Waals surface area contributed by atoms with Gasteiger partial charge in [-0.15, -0.1) is 12.4 Å². The molecule has 3 atom stereocenters. The van der Waals surface area contributed by atoms with E-state index in [4.69, 9.17) is 4.74 Å². The molecule has 5 rings (SSSR count). The summed E-state index contributed by atoms with van der Waals surface area (Å²) in [5.41, 5.74) is 4.07. The van der Waals surface area contributed by atoms with Gasteiger partial charge in [0.25, 0.3) is 0 Å². The Hall–Kier alpha value is -2.24. The highest BCUT2D eigenvalue weighted by Gasteiger charge is 2.57. The van der Waals surface area contributed by atoms with Crippen LogP contribution in [0.5, 0.6) is 11.5 Å². The maximum atomic E-state index is 13.0. The molecule has 2 N–H and O–H groups in total. The first-order valence-electron chi connectivity index (χ1n) is 9.67. The van der Waals surface area contributed by atoms with E-state index in [1.165, 1.54) is 0 Å². The maximum Gasteiger partial charge on any atom is 0.226 e. The van der Waals surface area contributed by atoms with Gasteiger partial charge in [-0.1, -0.05) is 24.3 Å². The summed E-state index contributed by atoms with van der Waals surface area (Å²) < 4.78 is 5.82. The van der Waals surface area contributed by atoms with Crippen molar-refractivity contribution in [1.29, 1.82) is 0 Å². The summed E-state index contributed by atoms with van der Waals surface area (Å²) in [6, 6.07) is 11.9. The number of phenolic OH excluding ortho intramolecular Hbond substituents is 1. The van der Waals surface area contributed by atoms with E-state index in [1.807, 2.05) is 17.0 Å². The molecule has 6 heteroatoms. The number of benzene rings is 2. The van der Waals surface area contributed by atoms with Crippen molar-refractivity contribution < 1.29 is 14.6 Å². The number of aryl methyl sites for hydroxylation is 1. The van der Waals surface area contributed by atoms with Gasteiger partial charge in [0.1, 0.15) is 6.61 Å². The van der Waals surface area contributed by atoms with E-state index in [0.29, 0.717) is 37.3 Å². The second-order valence-electron chi connectivity index (χ2n) is 7.92. The number of hydrogen-bond donors (Lipinski definition) is 2. The minimum absolute atomic E-state index is 0. The van der Waals surface area contributed by atoms with Crippen LogP contribution in [-0.2, 0) is 11.3 Å². The van der Waals surface area contributed by atoms with Crippen LogP contribution in [0.15, 0.2) is 36.4 Å². The molecule has 1 saturated heterocycles. The fourth-order valence-electron chi connectivity index (χ4n) is 4.73. The second-order valence-corrected chi connectivity index (χ2v) is 7.92. The topological polar surface area (TPSA) is 61.8 Å². The molecule has 1 aliphatic carbocycles. The molecule has 1 unspecified atom stereocenters. The van der Waals surface area contributed by atoms with E-state index >= 15 is 0 Å². The van der Waals surface area contributed by atoms with Crippen LogP contribution in [0, 0.1) is 24.7 Å². The molecule has 0 spiro atoms. The SMILES string of the molecule is Cc1ccccc1-c1cc(O)c2c(c1)CN(C(=O)C1[C@H]3CNC[C@@H]13)CCO2.Cl. The first-order valence-corrected chi connectivity index (χ1v) is 9.67. The highest BCUT2D eigenvalue weighted by Crippen LogP contribution is 2.50. The number of phenols is 1. The van der Waals surface area contributed by atoms with Gasteiger partial charge in [-0.3, -0.25) is 4.79 Å². The van der Waals surface area contributed by atoms with Crippen molar-refractivity contribution >= 4 is 18.3 Å². The van der Waals surface area contributed by atoms with E-state index in [9.17, 15) is 9.90 Å². The molecule has 2 heterocycles. The monoisotopic (exact) mass is 400 g/mol. The third-order valence-corrected chi connectivity index (χ3v) is 6.26. The molecule has 2 fully saturated rings. The van der Waals surface area contributed by atoms with Crippen LogP contribution in [0.2, 0.25) is 0 Å². The molecule has 0 aromatic heterocycles. The van der Waals surface area contributed by atoms with Gasteiger partial charge in [0.05, 0.1) is 6.54 Å². The van der Waals surface area contributed by atoms with E-state index in [0.717, 1.165) is 35.3 Å². The maximum absolute atomic E-state index is 13.0. The average molecular weight is 401 g/mol. The minimum Gasteiger partial charge on any atom is -0.504 e. The lowest BCUT2D eigenvalue weighted by molar-refractivity contribution is -0.134. The van der Waals surface area contributed by atoms with Crippen molar-refractivity contribution in [3.63, 3.8) is 0 Å². The van der Waals surface area contributed by atoms with Crippen molar-refractivity contribution in [3.05, 3.63) is 47.5 Å². The number of ether oxygens (including phenoxy) is 1. The van der Waals surface area contributed by atoms with Gasteiger partial charge in [-0.05, 0) is 60.7 Å². The highest BCUT2D eigenvalue weighted by molar-refractivity contribution is 5.85. The van der Waals surface area contributed by atoms with Gasteiger partial charge in [0.2, 0.25) is 5.91 Å². The normalized spacial score (nSPS) is 25.0. The number of halogens is 1. The number of aromatic hydroxyl groups is 1. The molecule has 1 saturated carbocycles. The van der Waals surface area contributed by atoms with Crippen molar-refractivity contribution in [2.75, 3.05) is 26.2 Å². The van der Waals surface area contributed by atoms with Crippen molar-refractivity contribution in [3.8, 4) is 22.6 Å². The number of piperidine rings is 1. The molecule has 5 nitrogen and oxygen atoms in total. The Morgan fingerprint density at radius 2 is 1.96 bits per heavy atom. The Kier molecular flexibility index (Phi) is 4.98. The Balaban J connectivity index is 0.00000192. The molecule has 2 aliphatic heterocycles. The molecule has 3 aliphatic rings. The van der Waals surface area contributed by atoms with Crippen LogP contribution in [0.25, 0.3) is 11.1 Å². The number of nitrogens with zero attached hydrogens (tertiary/aromatic N) is 1. The number of carbonyl (C=O) groups excluding carboxylic acids is 1. The predicted octanol–water partition coefficient (Wildman–Crippen LogP) is 2.98. The van der Waals surface area contributed by atoms with Gasteiger partial charge < -0.3 is 20.1 Å². The Morgan fingerprint density at radius 3 is 2.71 bits per heavy atom. The molecule has 28 heavy (non-hydrogen) atoms. The highest BCUT2D eigenvalue weighted by atomic mass is 35.5. The van der Waals surface area contributed by atoms with Gasteiger partial charge in [0, 0.05) is 18.0 Å². The van der Waals surface area contributed by atoms with E-state index in [2.05, 4.69) is 30.4 Å². The minimum atomic E-state index is 0. The lowest BCUT2D eigenvalue weighted by Crippen LogP contribution is -2.36. The van der Waals surface area contributed by atoms with E-state index in [1.54, 1.807) is 6.07 Å². The zero-order valence-corrected chi connectivity index (χ0v) is 16.7. The number of amides is 1. The third-order valence-electron chi connectivity index (χ3n) is 6.26. The number of nitrogens with one attached hydrogen (secondary N) is 1. The van der Waals surface area contributed by atoms with Gasteiger partial charge >= 0.3 is 0 Å². The number of hydrogen-bond acceptors (Lipinski definition) is 4. The first-order chi connectivity index (χ1) is 13.1. The standard InChI is InChI=1S/C22H24N2O3.ClH/c1-13-4-2-3-5-16(13)14-8-15-12-24(6-7-27-21(15)19(25)9-14)22(26)20-17-10-23-11-18(17)20;/h2-5,8-9,17-18,20,23,25H,6-7,10-12H2,1H3;1H/t17-,18+,20?;.